The molecule has 1 fully saturated rings. The van der Waals surface area contributed by atoms with Crippen LogP contribution in [0.15, 0.2) is 90.5 Å². The summed E-state index contributed by atoms with van der Waals surface area (Å²) in [6, 6.07) is 16.6. The van der Waals surface area contributed by atoms with E-state index in [1.54, 1.807) is 60.0 Å². The smallest absolute Gasteiger partial charge is 0.354 e. The van der Waals surface area contributed by atoms with Crippen LogP contribution in [0.25, 0.3) is 11.3 Å². The number of para-hydroxylation sites is 1. The van der Waals surface area contributed by atoms with Crippen molar-refractivity contribution in [3.05, 3.63) is 114 Å². The third-order valence-electron chi connectivity index (χ3n) is 13.3. The van der Waals surface area contributed by atoms with Crippen molar-refractivity contribution < 1.29 is 29.0 Å². The number of carboxylic acid groups (broad SMARTS) is 1. The highest BCUT2D eigenvalue weighted by atomic mass is 16.5. The average molecular weight is 962 g/mol. The van der Waals surface area contributed by atoms with Gasteiger partial charge < -0.3 is 29.9 Å². The number of Topliss-reactive ketones (excluding diaryl/α,β-unsaturated/α-hetero) is 1. The molecule has 8 rings (SSSR count). The minimum Gasteiger partial charge on any atom is -0.478 e. The molecule has 4 aromatic heterocycles. The van der Waals surface area contributed by atoms with Gasteiger partial charge in [-0.05, 0) is 88.4 Å². The van der Waals surface area contributed by atoms with Gasteiger partial charge in [-0.3, -0.25) is 24.1 Å². The number of nitrogens with one attached hydrogen (secondary N) is 1. The summed E-state index contributed by atoms with van der Waals surface area (Å²) in [5.41, 5.74) is 2.15. The van der Waals surface area contributed by atoms with E-state index >= 15 is 0 Å². The van der Waals surface area contributed by atoms with Crippen molar-refractivity contribution in [3.8, 4) is 23.1 Å². The minimum atomic E-state index is -1.53. The molecule has 1 unspecified atom stereocenters. The van der Waals surface area contributed by atoms with Gasteiger partial charge in [-0.15, -0.1) is 5.10 Å². The predicted molar refractivity (Wildman–Crippen MR) is 265 cm³/mol. The molecule has 2 N–H and O–H groups in total. The fraction of sp³-hybridized carbons (Fsp3) is 0.423. The average Bonchev–Trinajstić information content (AvgIpc) is 3.91. The van der Waals surface area contributed by atoms with E-state index in [4.69, 9.17) is 9.72 Å². The number of unbranched alkanes of at least 4 members (excludes halogenated alkanes) is 5. The van der Waals surface area contributed by atoms with Crippen molar-refractivity contribution in [2.75, 3.05) is 42.5 Å². The summed E-state index contributed by atoms with van der Waals surface area (Å²) in [5.74, 6) is 0.189. The van der Waals surface area contributed by atoms with E-state index in [9.17, 15) is 29.5 Å². The third kappa shape index (κ3) is 11.6. The Labute approximate surface area is 412 Å². The Kier molecular flexibility index (Phi) is 15.5. The lowest BCUT2D eigenvalue weighted by molar-refractivity contribution is -0.150. The molecule has 0 bridgehead atoms. The van der Waals surface area contributed by atoms with E-state index in [2.05, 4.69) is 41.6 Å². The highest BCUT2D eigenvalue weighted by Crippen LogP contribution is 2.40. The fourth-order valence-corrected chi connectivity index (χ4v) is 9.16. The Balaban J connectivity index is 0.703. The molecule has 19 heteroatoms. The second-order valence-electron chi connectivity index (χ2n) is 18.7. The lowest BCUT2D eigenvalue weighted by Crippen LogP contribution is -2.56. The van der Waals surface area contributed by atoms with Gasteiger partial charge in [0.15, 0.2) is 5.78 Å². The van der Waals surface area contributed by atoms with Crippen LogP contribution in [0.4, 0.5) is 11.8 Å². The quantitative estimate of drug-likeness (QED) is 0.0853. The van der Waals surface area contributed by atoms with Gasteiger partial charge in [-0.2, -0.15) is 5.26 Å². The van der Waals surface area contributed by atoms with Gasteiger partial charge in [0, 0.05) is 87.3 Å². The van der Waals surface area contributed by atoms with E-state index in [0.29, 0.717) is 91.0 Å². The Morgan fingerprint density at radius 1 is 0.944 bits per heavy atom. The maximum absolute atomic E-state index is 13.4. The molecule has 5 aromatic rings. The van der Waals surface area contributed by atoms with Crippen LogP contribution in [-0.2, 0) is 40.3 Å². The Morgan fingerprint density at radius 3 is 2.48 bits per heavy atom. The summed E-state index contributed by atoms with van der Waals surface area (Å²) in [4.78, 5) is 79.6. The number of dihydropyridines is 1. The largest absolute Gasteiger partial charge is 0.478 e. The zero-order chi connectivity index (χ0) is 50.0. The molecule has 0 spiro atoms. The highest BCUT2D eigenvalue weighted by Gasteiger charge is 2.45. The number of nitriles is 1. The number of aromatic nitrogens is 7. The number of nitrogens with zero attached hydrogens (tertiary/aromatic N) is 12. The molecule has 0 radical (unpaired) electrons. The molecular formula is C52H59N13O6. The van der Waals surface area contributed by atoms with Crippen LogP contribution in [0.2, 0.25) is 0 Å². The first kappa shape index (κ1) is 49.5. The molecule has 2 atom stereocenters. The first-order chi connectivity index (χ1) is 34.3. The molecule has 2 amide bonds. The van der Waals surface area contributed by atoms with Gasteiger partial charge in [-0.1, -0.05) is 55.2 Å². The zero-order valence-corrected chi connectivity index (χ0v) is 40.4. The molecule has 1 saturated heterocycles. The van der Waals surface area contributed by atoms with E-state index < -0.39 is 17.1 Å². The van der Waals surface area contributed by atoms with Crippen molar-refractivity contribution in [1.82, 2.24) is 45.1 Å². The molecule has 3 aliphatic rings. The van der Waals surface area contributed by atoms with Gasteiger partial charge in [0.2, 0.25) is 23.4 Å². The summed E-state index contributed by atoms with van der Waals surface area (Å²) in [6.45, 7) is 8.22. The van der Waals surface area contributed by atoms with Gasteiger partial charge >= 0.3 is 5.97 Å². The summed E-state index contributed by atoms with van der Waals surface area (Å²) in [5, 5.41) is 31.0. The number of carbonyl (C=O) groups excluding carboxylic acids is 3. The normalized spacial score (nSPS) is 18.0. The Bertz CT molecular complexity index is 2840. The molecular weight excluding hydrogens is 903 g/mol. The zero-order valence-electron chi connectivity index (χ0n) is 40.4. The van der Waals surface area contributed by atoms with Gasteiger partial charge in [0.1, 0.15) is 23.3 Å². The lowest BCUT2D eigenvalue weighted by Gasteiger charge is -2.39. The number of aliphatic imine (C=N–C) groups is 1. The number of piperazine rings is 1. The van der Waals surface area contributed by atoms with Crippen molar-refractivity contribution >= 4 is 41.5 Å². The van der Waals surface area contributed by atoms with Crippen LogP contribution in [0.1, 0.15) is 98.6 Å². The number of rotatable bonds is 21. The van der Waals surface area contributed by atoms with Crippen molar-refractivity contribution in [3.63, 3.8) is 0 Å². The summed E-state index contributed by atoms with van der Waals surface area (Å²) >= 11 is 0. The summed E-state index contributed by atoms with van der Waals surface area (Å²) in [7, 11) is 0. The number of benzene rings is 1. The van der Waals surface area contributed by atoms with Crippen LogP contribution in [0.3, 0.4) is 0 Å². The predicted octanol–water partition coefficient (Wildman–Crippen LogP) is 5.59. The highest BCUT2D eigenvalue weighted by molar-refractivity contribution is 6.13. The topological polar surface area (TPSA) is 238 Å². The van der Waals surface area contributed by atoms with Crippen LogP contribution in [-0.4, -0.2) is 125 Å². The van der Waals surface area contributed by atoms with E-state index in [1.807, 2.05) is 65.7 Å². The molecule has 1 aromatic carbocycles. The van der Waals surface area contributed by atoms with Crippen molar-refractivity contribution in [2.45, 2.75) is 109 Å². The first-order valence-corrected chi connectivity index (χ1v) is 24.2. The van der Waals surface area contributed by atoms with Crippen LogP contribution in [0.5, 0.6) is 5.75 Å². The van der Waals surface area contributed by atoms with Gasteiger partial charge in [0.25, 0.3) is 0 Å². The van der Waals surface area contributed by atoms with Crippen LogP contribution >= 0.6 is 0 Å². The fourth-order valence-electron chi connectivity index (χ4n) is 9.16. The molecule has 7 heterocycles. The monoisotopic (exact) mass is 961 g/mol. The number of carboxylic acids is 1. The number of ketones is 1. The Hall–Kier alpha value is -7.88. The molecule has 3 aliphatic heterocycles. The maximum atomic E-state index is 13.4. The number of carbonyl (C=O) groups is 4. The molecule has 0 aliphatic carbocycles. The number of hydrogen-bond donors (Lipinski definition) is 2. The molecule has 71 heavy (non-hydrogen) atoms. The number of fused-ring (bicyclic) bond motifs is 1. The van der Waals surface area contributed by atoms with Gasteiger partial charge in [0.05, 0.1) is 35.6 Å². The standard InChI is InChI=1S/C52H59N13O6/c1-36-32-62(50-57-29-39(30-58-50)42-21-20-41-47(68)51(2,3)65(48(41)59-42)33-38-15-12-24-55-43(38)28-53)26-27-64(36)46(67)31-56-45(66)17-8-6-4-5-7-11-25-63-34-40(60-61-63)19-18-37-14-9-10-16-44(37)71-52(49(69)70)22-13-23-54-35-52/h9-10,12-16,20-24,29-30,34,36H,4-8,11,17-19,25-27,31-33,35H2,1-3H3,(H,56,66)(H,69,70)/t36-,52?/m1/s1. The second kappa shape index (κ2) is 22.3. The van der Waals surface area contributed by atoms with E-state index in [0.717, 1.165) is 56.3 Å². The minimum absolute atomic E-state index is 0.00772. The first-order valence-electron chi connectivity index (χ1n) is 24.2. The summed E-state index contributed by atoms with van der Waals surface area (Å²) < 4.78 is 7.90. The van der Waals surface area contributed by atoms with Crippen molar-refractivity contribution in [1.29, 1.82) is 5.26 Å². The Morgan fingerprint density at radius 2 is 1.72 bits per heavy atom. The number of allylic oxidation sites excluding steroid dienone is 1. The summed E-state index contributed by atoms with van der Waals surface area (Å²) in [6.07, 6.45) is 19.0. The molecule has 368 valence electrons. The number of amides is 2. The number of anilines is 2. The van der Waals surface area contributed by atoms with Crippen LogP contribution < -0.4 is 19.9 Å². The SMILES string of the molecule is C[C@@H]1CN(c2ncc(-c3ccc4c(n3)N(Cc3cccnc3C#N)C(C)(C)C4=O)cn2)CCN1C(=O)CNC(=O)CCCCCCCCn1cc(CCc2ccccc2OC2(C(=O)O)C=CC=NC2)nn1. The number of hydrogen-bond acceptors (Lipinski definition) is 15. The third-order valence-corrected chi connectivity index (χ3v) is 13.3. The molecule has 19 nitrogen and oxygen atoms in total. The number of ether oxygens (including phenoxy) is 1. The second-order valence-corrected chi connectivity index (χ2v) is 18.7. The number of pyridine rings is 2. The lowest BCUT2D eigenvalue weighted by atomic mass is 9.97. The molecule has 0 saturated carbocycles. The number of aryl methyl sites for hydroxylation is 3. The maximum Gasteiger partial charge on any atom is 0.354 e. The van der Waals surface area contributed by atoms with Crippen molar-refractivity contribution in [2.24, 2.45) is 4.99 Å². The van der Waals surface area contributed by atoms with E-state index in [-0.39, 0.29) is 36.7 Å². The number of aliphatic carboxylic acids is 1. The van der Waals surface area contributed by atoms with Gasteiger partial charge in [-0.25, -0.2) is 24.7 Å². The van der Waals surface area contributed by atoms with E-state index in [1.165, 1.54) is 6.08 Å². The van der Waals surface area contributed by atoms with Crippen LogP contribution in [0, 0.1) is 11.3 Å².